The molecule has 0 spiro atoms. The molecule has 1 heterocycles. The van der Waals surface area contributed by atoms with Crippen LogP contribution in [0.3, 0.4) is 0 Å². The van der Waals surface area contributed by atoms with E-state index in [-0.39, 0.29) is 5.75 Å². The van der Waals surface area contributed by atoms with Crippen LogP contribution in [-0.2, 0) is 9.53 Å². The van der Waals surface area contributed by atoms with Crippen LogP contribution in [0.15, 0.2) is 0 Å². The first-order valence-electron chi connectivity index (χ1n) is 4.67. The number of primary amides is 1. The highest BCUT2D eigenvalue weighted by atomic mass is 32.2. The molecule has 1 aliphatic heterocycles. The molecule has 7 nitrogen and oxygen atoms in total. The van der Waals surface area contributed by atoms with Gasteiger partial charge in [0.2, 0.25) is 5.91 Å². The van der Waals surface area contributed by atoms with Crippen LogP contribution in [0.2, 0.25) is 0 Å². The summed E-state index contributed by atoms with van der Waals surface area (Å²) in [6.45, 7) is -0.488. The number of aliphatic hydroxyl groups excluding tert-OH is 4. The molecular formula is C8H15NO6S. The monoisotopic (exact) mass is 253 g/mol. The van der Waals surface area contributed by atoms with Crippen LogP contribution in [0.5, 0.6) is 0 Å². The average Bonchev–Trinajstić information content (AvgIpc) is 2.25. The van der Waals surface area contributed by atoms with E-state index in [0.29, 0.717) is 0 Å². The van der Waals surface area contributed by atoms with Gasteiger partial charge in [0.15, 0.2) is 0 Å². The molecule has 1 aliphatic rings. The summed E-state index contributed by atoms with van der Waals surface area (Å²) >= 11 is 0.909. The first-order valence-corrected chi connectivity index (χ1v) is 5.72. The van der Waals surface area contributed by atoms with E-state index in [2.05, 4.69) is 0 Å². The van der Waals surface area contributed by atoms with E-state index in [0.717, 1.165) is 11.8 Å². The highest BCUT2D eigenvalue weighted by Crippen LogP contribution is 2.28. The molecule has 0 aliphatic carbocycles. The fraction of sp³-hybridized carbons (Fsp3) is 0.875. The summed E-state index contributed by atoms with van der Waals surface area (Å²) in [5, 5.41) is 37.3. The molecule has 1 saturated heterocycles. The van der Waals surface area contributed by atoms with Crippen molar-refractivity contribution in [2.75, 3.05) is 12.4 Å². The third-order valence-corrected chi connectivity index (χ3v) is 3.41. The van der Waals surface area contributed by atoms with Gasteiger partial charge in [-0.3, -0.25) is 4.79 Å². The predicted octanol–water partition coefficient (Wildman–Crippen LogP) is -3.00. The molecule has 6 N–H and O–H groups in total. The molecule has 0 aromatic heterocycles. The van der Waals surface area contributed by atoms with Gasteiger partial charge in [-0.1, -0.05) is 0 Å². The van der Waals surface area contributed by atoms with Gasteiger partial charge in [-0.15, -0.1) is 11.8 Å². The number of rotatable bonds is 4. The normalized spacial score (nSPS) is 39.6. The number of carbonyl (C=O) groups is 1. The SMILES string of the molecule is NC(=O)CS[C@H]1O[C@H](CO)[C@@H](O)[C@H](O)[C@H]1O. The van der Waals surface area contributed by atoms with Crippen molar-refractivity contribution in [3.05, 3.63) is 0 Å². The third kappa shape index (κ3) is 3.06. The maximum Gasteiger partial charge on any atom is 0.227 e. The maximum absolute atomic E-state index is 10.5. The van der Waals surface area contributed by atoms with Gasteiger partial charge in [-0.25, -0.2) is 0 Å². The van der Waals surface area contributed by atoms with Crippen LogP contribution >= 0.6 is 11.8 Å². The first kappa shape index (κ1) is 13.7. The van der Waals surface area contributed by atoms with Crippen molar-refractivity contribution < 1.29 is 30.0 Å². The zero-order valence-electron chi connectivity index (χ0n) is 8.39. The van der Waals surface area contributed by atoms with Gasteiger partial charge >= 0.3 is 0 Å². The third-order valence-electron chi connectivity index (χ3n) is 2.24. The van der Waals surface area contributed by atoms with Crippen molar-refractivity contribution in [3.63, 3.8) is 0 Å². The van der Waals surface area contributed by atoms with Crippen molar-refractivity contribution >= 4 is 17.7 Å². The lowest BCUT2D eigenvalue weighted by Crippen LogP contribution is -2.57. The Hall–Kier alpha value is -0.380. The summed E-state index contributed by atoms with van der Waals surface area (Å²) in [6, 6.07) is 0. The summed E-state index contributed by atoms with van der Waals surface area (Å²) in [6.07, 6.45) is -5.09. The molecule has 1 amide bonds. The van der Waals surface area contributed by atoms with Crippen molar-refractivity contribution in [1.82, 2.24) is 0 Å². The van der Waals surface area contributed by atoms with Crippen LogP contribution in [0, 0.1) is 0 Å². The fourth-order valence-electron chi connectivity index (χ4n) is 1.37. The van der Waals surface area contributed by atoms with Crippen molar-refractivity contribution in [2.45, 2.75) is 29.9 Å². The van der Waals surface area contributed by atoms with Gasteiger partial charge in [0, 0.05) is 0 Å². The van der Waals surface area contributed by atoms with E-state index < -0.39 is 42.4 Å². The number of carbonyl (C=O) groups excluding carboxylic acids is 1. The Bertz CT molecular complexity index is 251. The Balaban J connectivity index is 2.60. The number of ether oxygens (including phenoxy) is 1. The lowest BCUT2D eigenvalue weighted by Gasteiger charge is -2.39. The second-order valence-corrected chi connectivity index (χ2v) is 4.56. The lowest BCUT2D eigenvalue weighted by atomic mass is 10.0. The standard InChI is InChI=1S/C8H15NO6S/c9-4(11)2-16-8-7(14)6(13)5(12)3(1-10)15-8/h3,5-8,10,12-14H,1-2H2,(H2,9,11)/t3-,5-,6+,7-,8-/m1/s1. The van der Waals surface area contributed by atoms with Crippen molar-refractivity contribution in [3.8, 4) is 0 Å². The minimum absolute atomic E-state index is 0.0807. The molecule has 0 aromatic carbocycles. The second kappa shape index (κ2) is 5.80. The van der Waals surface area contributed by atoms with E-state index >= 15 is 0 Å². The molecule has 0 radical (unpaired) electrons. The maximum atomic E-state index is 10.5. The van der Waals surface area contributed by atoms with Crippen molar-refractivity contribution in [2.24, 2.45) is 5.73 Å². The molecule has 1 rings (SSSR count). The van der Waals surface area contributed by atoms with Gasteiger partial charge in [-0.2, -0.15) is 0 Å². The Labute approximate surface area is 96.2 Å². The zero-order chi connectivity index (χ0) is 12.3. The Morgan fingerprint density at radius 1 is 1.25 bits per heavy atom. The van der Waals surface area contributed by atoms with Crippen LogP contribution in [0.4, 0.5) is 0 Å². The van der Waals surface area contributed by atoms with Gasteiger partial charge < -0.3 is 30.9 Å². The van der Waals surface area contributed by atoms with Gasteiger partial charge in [-0.05, 0) is 0 Å². The number of nitrogens with two attached hydrogens (primary N) is 1. The molecule has 1 fully saturated rings. The van der Waals surface area contributed by atoms with Crippen molar-refractivity contribution in [1.29, 1.82) is 0 Å². The average molecular weight is 253 g/mol. The number of aliphatic hydroxyl groups is 4. The van der Waals surface area contributed by atoms with E-state index in [1.165, 1.54) is 0 Å². The Kier molecular flexibility index (Phi) is 4.96. The summed E-state index contributed by atoms with van der Waals surface area (Å²) in [4.78, 5) is 10.5. The van der Waals surface area contributed by atoms with Crippen LogP contribution in [0.25, 0.3) is 0 Å². The minimum Gasteiger partial charge on any atom is -0.394 e. The molecular weight excluding hydrogens is 238 g/mol. The smallest absolute Gasteiger partial charge is 0.227 e. The summed E-state index contributed by atoms with van der Waals surface area (Å²) in [5.41, 5.74) is 4.03. The lowest BCUT2D eigenvalue weighted by molar-refractivity contribution is -0.205. The summed E-state index contributed by atoms with van der Waals surface area (Å²) in [7, 11) is 0. The van der Waals surface area contributed by atoms with Crippen LogP contribution in [0.1, 0.15) is 0 Å². The van der Waals surface area contributed by atoms with Crippen LogP contribution in [-0.4, -0.2) is 68.5 Å². The van der Waals surface area contributed by atoms with E-state index in [4.69, 9.17) is 15.6 Å². The predicted molar refractivity (Wildman–Crippen MR) is 55.4 cm³/mol. The molecule has 0 unspecified atom stereocenters. The quantitative estimate of drug-likeness (QED) is 0.360. The number of thioether (sulfide) groups is 1. The van der Waals surface area contributed by atoms with E-state index in [1.54, 1.807) is 0 Å². The summed E-state index contributed by atoms with van der Waals surface area (Å²) in [5.74, 6) is -0.662. The number of amides is 1. The molecule has 5 atom stereocenters. The second-order valence-electron chi connectivity index (χ2n) is 3.47. The number of hydrogen-bond donors (Lipinski definition) is 5. The highest BCUT2D eigenvalue weighted by Gasteiger charge is 2.43. The molecule has 0 aromatic rings. The van der Waals surface area contributed by atoms with Crippen LogP contribution < -0.4 is 5.73 Å². The zero-order valence-corrected chi connectivity index (χ0v) is 9.21. The fourth-order valence-corrected chi connectivity index (χ4v) is 2.28. The summed E-state index contributed by atoms with van der Waals surface area (Å²) < 4.78 is 5.13. The van der Waals surface area contributed by atoms with E-state index in [1.807, 2.05) is 0 Å². The van der Waals surface area contributed by atoms with Gasteiger partial charge in [0.25, 0.3) is 0 Å². The highest BCUT2D eigenvalue weighted by molar-refractivity contribution is 8.00. The number of hydrogen-bond acceptors (Lipinski definition) is 7. The van der Waals surface area contributed by atoms with Gasteiger partial charge in [0.05, 0.1) is 12.4 Å². The Morgan fingerprint density at radius 2 is 1.88 bits per heavy atom. The largest absolute Gasteiger partial charge is 0.394 e. The molecule has 94 valence electrons. The van der Waals surface area contributed by atoms with E-state index in [9.17, 15) is 20.1 Å². The Morgan fingerprint density at radius 3 is 2.38 bits per heavy atom. The molecule has 0 bridgehead atoms. The molecule has 0 saturated carbocycles. The van der Waals surface area contributed by atoms with Gasteiger partial charge in [0.1, 0.15) is 29.9 Å². The molecule has 16 heavy (non-hydrogen) atoms. The first-order chi connectivity index (χ1) is 7.47. The topological polar surface area (TPSA) is 133 Å². The minimum atomic E-state index is -1.42. The molecule has 8 heteroatoms.